The van der Waals surface area contributed by atoms with Gasteiger partial charge in [0.2, 0.25) is 0 Å². The fraction of sp³-hybridized carbons (Fsp3) is 0.391. The highest BCUT2D eigenvalue weighted by atomic mass is 19.4. The van der Waals surface area contributed by atoms with Gasteiger partial charge in [0.1, 0.15) is 5.84 Å². The topological polar surface area (TPSA) is 95.2 Å². The minimum absolute atomic E-state index is 0.274. The lowest BCUT2D eigenvalue weighted by Crippen LogP contribution is -2.68. The molecule has 0 aromatic heterocycles. The zero-order chi connectivity index (χ0) is 27.1. The molecule has 2 aromatic rings. The summed E-state index contributed by atoms with van der Waals surface area (Å²) in [7, 11) is 0. The van der Waals surface area contributed by atoms with Crippen molar-refractivity contribution in [3.63, 3.8) is 0 Å². The van der Waals surface area contributed by atoms with E-state index in [1.54, 1.807) is 13.8 Å². The summed E-state index contributed by atoms with van der Waals surface area (Å²) in [4.78, 5) is 16.3. The maximum Gasteiger partial charge on any atom is 0.461 e. The van der Waals surface area contributed by atoms with Gasteiger partial charge in [0.05, 0.1) is 13.2 Å². The lowest BCUT2D eigenvalue weighted by atomic mass is 10.1. The third-order valence-corrected chi connectivity index (χ3v) is 4.66. The average molecular weight is 521 g/mol. The molecule has 0 radical (unpaired) electrons. The van der Waals surface area contributed by atoms with Crippen LogP contribution < -0.4 is 20.5 Å². The summed E-state index contributed by atoms with van der Waals surface area (Å²) in [5.41, 5.74) is 0.786. The number of amides is 1. The first-order chi connectivity index (χ1) is 16.7. The predicted octanol–water partition coefficient (Wildman–Crippen LogP) is 4.87. The molecule has 36 heavy (non-hydrogen) atoms. The number of carbonyl (C=O) groups excluding carboxylic acids is 1. The van der Waals surface area contributed by atoms with Gasteiger partial charge in [0.25, 0.3) is 5.91 Å². The Morgan fingerprint density at radius 2 is 1.56 bits per heavy atom. The summed E-state index contributed by atoms with van der Waals surface area (Å²) >= 11 is 0. The number of amidine groups is 1. The van der Waals surface area contributed by atoms with Crippen LogP contribution in [0.15, 0.2) is 47.6 Å². The predicted molar refractivity (Wildman–Crippen MR) is 119 cm³/mol. The van der Waals surface area contributed by atoms with Gasteiger partial charge in [-0.15, -0.1) is 0 Å². The molecule has 0 spiro atoms. The van der Waals surface area contributed by atoms with E-state index in [0.29, 0.717) is 29.2 Å². The number of halogens is 6. The van der Waals surface area contributed by atoms with Crippen molar-refractivity contribution in [3.05, 3.63) is 59.2 Å². The van der Waals surface area contributed by atoms with Crippen molar-refractivity contribution >= 4 is 11.7 Å². The summed E-state index contributed by atoms with van der Waals surface area (Å²) in [6.45, 7) is 5.58. The van der Waals surface area contributed by atoms with E-state index in [9.17, 15) is 31.1 Å². The third kappa shape index (κ3) is 6.73. The molecule has 3 N–H and O–H groups in total. The normalized spacial score (nSPS) is 12.8. The van der Waals surface area contributed by atoms with Gasteiger partial charge in [0, 0.05) is 12.0 Å². The molecule has 0 heterocycles. The number of rotatable bonds is 10. The van der Waals surface area contributed by atoms with Gasteiger partial charge in [-0.2, -0.15) is 26.3 Å². The number of oxime groups is 1. The van der Waals surface area contributed by atoms with Crippen LogP contribution in [0.4, 0.5) is 26.3 Å². The zero-order valence-corrected chi connectivity index (χ0v) is 19.6. The highest BCUT2D eigenvalue weighted by Gasteiger charge is 2.76. The zero-order valence-electron chi connectivity index (χ0n) is 19.6. The number of alkyl halides is 6. The first-order valence-corrected chi connectivity index (χ1v) is 10.7. The molecule has 0 saturated carbocycles. The molecule has 0 unspecified atom stereocenters. The monoisotopic (exact) mass is 521 g/mol. The Hall–Kier alpha value is -3.64. The Bertz CT molecular complexity index is 1070. The van der Waals surface area contributed by atoms with Crippen LogP contribution in [0.2, 0.25) is 0 Å². The molecule has 198 valence electrons. The third-order valence-electron chi connectivity index (χ3n) is 4.66. The molecule has 0 aliphatic carbocycles. The molecular formula is C23H25F6N3O4. The molecule has 1 amide bonds. The van der Waals surface area contributed by atoms with E-state index in [2.05, 4.69) is 9.99 Å². The van der Waals surface area contributed by atoms with Crippen LogP contribution >= 0.6 is 0 Å². The van der Waals surface area contributed by atoms with E-state index in [4.69, 9.17) is 15.2 Å². The number of ether oxygens (including phenoxy) is 2. The largest absolute Gasteiger partial charge is 0.490 e. The van der Waals surface area contributed by atoms with E-state index < -0.39 is 35.4 Å². The van der Waals surface area contributed by atoms with Crippen LogP contribution in [0.3, 0.4) is 0 Å². The molecule has 2 aromatic carbocycles. The number of hydrogen-bond acceptors (Lipinski definition) is 5. The number of nitrogens with zero attached hydrogens (tertiary/aromatic N) is 1. The Balaban J connectivity index is 2.37. The molecule has 7 nitrogen and oxygen atoms in total. The number of nitrogens with two attached hydrogens (primary N) is 1. The first-order valence-electron chi connectivity index (χ1n) is 10.7. The fourth-order valence-electron chi connectivity index (χ4n) is 3.02. The second-order valence-corrected chi connectivity index (χ2v) is 7.50. The molecule has 0 bridgehead atoms. The molecular weight excluding hydrogens is 496 g/mol. The van der Waals surface area contributed by atoms with Gasteiger partial charge in [-0.25, -0.2) is 0 Å². The van der Waals surface area contributed by atoms with Crippen molar-refractivity contribution in [3.8, 4) is 11.5 Å². The Morgan fingerprint density at radius 1 is 0.944 bits per heavy atom. The molecule has 2 rings (SSSR count). The number of nitrogens with one attached hydrogen (secondary N) is 1. The van der Waals surface area contributed by atoms with Gasteiger partial charge in [-0.05, 0) is 50.6 Å². The summed E-state index contributed by atoms with van der Waals surface area (Å²) in [5.74, 6) is -1.70. The maximum absolute atomic E-state index is 13.8. The Labute approximate surface area is 203 Å². The molecule has 0 saturated heterocycles. The summed E-state index contributed by atoms with van der Waals surface area (Å²) in [6.07, 6.45) is -12.7. The van der Waals surface area contributed by atoms with E-state index in [1.165, 1.54) is 37.3 Å². The fourth-order valence-corrected chi connectivity index (χ4v) is 3.02. The lowest BCUT2D eigenvalue weighted by molar-refractivity contribution is -0.388. The number of hydrogen-bond donors (Lipinski definition) is 2. The van der Waals surface area contributed by atoms with Crippen LogP contribution in [-0.4, -0.2) is 43.0 Å². The van der Waals surface area contributed by atoms with Crippen molar-refractivity contribution in [1.29, 1.82) is 0 Å². The number of aryl methyl sites for hydroxylation is 1. The minimum Gasteiger partial charge on any atom is -0.490 e. The summed E-state index contributed by atoms with van der Waals surface area (Å²) in [5, 5.41) is 3.80. The van der Waals surface area contributed by atoms with Gasteiger partial charge < -0.3 is 20.0 Å². The minimum atomic E-state index is -6.14. The van der Waals surface area contributed by atoms with Gasteiger partial charge in [-0.1, -0.05) is 28.9 Å². The van der Waals surface area contributed by atoms with Crippen LogP contribution in [0, 0.1) is 6.92 Å². The number of benzene rings is 2. The highest BCUT2D eigenvalue weighted by molar-refractivity contribution is 5.95. The van der Waals surface area contributed by atoms with E-state index in [1.807, 2.05) is 0 Å². The van der Waals surface area contributed by atoms with Crippen molar-refractivity contribution < 1.29 is 45.4 Å². The standard InChI is InChI=1S/C23H25F6N3O4/c1-4-34-17-10-9-15(12-18(17)35-5-2)13-19(30)32-36-21(22(24,25)26,23(27,28)29)31-20(33)16-8-6-7-14(3)11-16/h6-12H,4-5,13H2,1-3H3,(H2,30,32)(H,31,33). The van der Waals surface area contributed by atoms with Gasteiger partial charge in [-0.3, -0.25) is 10.1 Å². The van der Waals surface area contributed by atoms with Crippen molar-refractivity contribution in [2.75, 3.05) is 13.2 Å². The smallest absolute Gasteiger partial charge is 0.461 e. The number of carbonyl (C=O) groups is 1. The second kappa shape index (κ2) is 11.4. The Kier molecular flexibility index (Phi) is 9.05. The van der Waals surface area contributed by atoms with Crippen LogP contribution in [0.25, 0.3) is 0 Å². The lowest BCUT2D eigenvalue weighted by Gasteiger charge is -2.34. The van der Waals surface area contributed by atoms with E-state index in [-0.39, 0.29) is 13.0 Å². The highest BCUT2D eigenvalue weighted by Crippen LogP contribution is 2.44. The van der Waals surface area contributed by atoms with E-state index >= 15 is 0 Å². The average Bonchev–Trinajstić information content (AvgIpc) is 2.77. The van der Waals surface area contributed by atoms with Crippen molar-refractivity contribution in [1.82, 2.24) is 5.32 Å². The molecule has 0 fully saturated rings. The van der Waals surface area contributed by atoms with Crippen LogP contribution in [0.5, 0.6) is 11.5 Å². The molecule has 0 aliphatic heterocycles. The first kappa shape index (κ1) is 28.6. The van der Waals surface area contributed by atoms with Crippen LogP contribution in [-0.2, 0) is 11.3 Å². The van der Waals surface area contributed by atoms with Crippen molar-refractivity contribution in [2.24, 2.45) is 10.9 Å². The maximum atomic E-state index is 13.8. The molecule has 0 aliphatic rings. The Morgan fingerprint density at radius 3 is 2.11 bits per heavy atom. The quantitative estimate of drug-likeness (QED) is 0.153. The van der Waals surface area contributed by atoms with E-state index in [0.717, 1.165) is 17.4 Å². The molecule has 0 atom stereocenters. The van der Waals surface area contributed by atoms with Gasteiger partial charge >= 0.3 is 18.1 Å². The van der Waals surface area contributed by atoms with Crippen molar-refractivity contribution in [2.45, 2.75) is 45.3 Å². The van der Waals surface area contributed by atoms with Crippen LogP contribution in [0.1, 0.15) is 35.3 Å². The second-order valence-electron chi connectivity index (χ2n) is 7.50. The van der Waals surface area contributed by atoms with Gasteiger partial charge in [0.15, 0.2) is 11.5 Å². The SMILES string of the molecule is CCOc1ccc(C/C(N)=N\OC(NC(=O)c2cccc(C)c2)(C(F)(F)F)C(F)(F)F)cc1OCC. The summed E-state index contributed by atoms with van der Waals surface area (Å²) < 4.78 is 93.4. The summed E-state index contributed by atoms with van der Waals surface area (Å²) in [6, 6.07) is 9.43. The molecule has 13 heteroatoms.